The first-order valence-corrected chi connectivity index (χ1v) is 7.78. The number of halogens is 3. The maximum Gasteiger partial charge on any atom is 0.416 e. The Kier molecular flexibility index (Phi) is 5.50. The number of hydrogen-bond donors (Lipinski definition) is 3. The molecule has 0 spiro atoms. The van der Waals surface area contributed by atoms with Crippen LogP contribution in [0, 0.1) is 0 Å². The molecule has 11 heteroatoms. The van der Waals surface area contributed by atoms with Crippen LogP contribution in [0.1, 0.15) is 26.3 Å². The lowest BCUT2D eigenvalue weighted by atomic mass is 10.1. The minimum atomic E-state index is -4.60. The third-order valence-corrected chi connectivity index (χ3v) is 3.95. The Morgan fingerprint density at radius 2 is 1.85 bits per heavy atom. The molecule has 0 saturated heterocycles. The van der Waals surface area contributed by atoms with Gasteiger partial charge in [0.1, 0.15) is 5.00 Å². The predicted molar refractivity (Wildman–Crippen MR) is 87.6 cm³/mol. The molecule has 2 aromatic rings. The highest BCUT2D eigenvalue weighted by atomic mass is 32.1. The molecule has 1 heterocycles. The molecule has 2 amide bonds. The zero-order chi connectivity index (χ0) is 19.5. The van der Waals surface area contributed by atoms with E-state index in [9.17, 15) is 27.6 Å². The van der Waals surface area contributed by atoms with E-state index in [1.807, 2.05) is 0 Å². The molecule has 0 aliphatic heterocycles. The Balaban J connectivity index is 1.99. The molecular weight excluding hydrogens is 375 g/mol. The quantitative estimate of drug-likeness (QED) is 0.536. The second kappa shape index (κ2) is 7.44. The molecule has 2 rings (SSSR count). The van der Waals surface area contributed by atoms with E-state index in [1.54, 1.807) is 0 Å². The molecule has 1 aromatic carbocycles. The zero-order valence-electron chi connectivity index (χ0n) is 12.9. The molecular formula is C15H12F3N3O4S. The third kappa shape index (κ3) is 4.51. The number of amides is 2. The van der Waals surface area contributed by atoms with Crippen LogP contribution in [0.3, 0.4) is 0 Å². The Morgan fingerprint density at radius 3 is 2.42 bits per heavy atom. The normalized spacial score (nSPS) is 11.0. The van der Waals surface area contributed by atoms with E-state index in [4.69, 9.17) is 16.2 Å². The molecule has 5 N–H and O–H groups in total. The molecule has 138 valence electrons. The van der Waals surface area contributed by atoms with Gasteiger partial charge >= 0.3 is 12.1 Å². The van der Waals surface area contributed by atoms with E-state index in [0.29, 0.717) is 12.1 Å². The number of alkyl halides is 3. The summed E-state index contributed by atoms with van der Waals surface area (Å²) in [5, 5.41) is 4.06. The number of thiophene rings is 1. The van der Waals surface area contributed by atoms with Crippen LogP contribution in [0.5, 0.6) is 0 Å². The number of carbonyl (C=O) groups is 3. The first-order chi connectivity index (χ1) is 12.1. The average molecular weight is 387 g/mol. The predicted octanol–water partition coefficient (Wildman–Crippen LogP) is 2.24. The van der Waals surface area contributed by atoms with Crippen molar-refractivity contribution >= 4 is 39.8 Å². The standard InChI is InChI=1S/C15H12F3N3O4S/c16-15(17,18)7-1-2-8(10(19)5-7)14(24)25-6-11(22)21-13-9(12(20)23)3-4-26-13/h1-5H,6,19H2,(H2,20,23)(H,21,22). The van der Waals surface area contributed by atoms with Gasteiger partial charge in [-0.25, -0.2) is 4.79 Å². The molecule has 0 aliphatic carbocycles. The molecule has 7 nitrogen and oxygen atoms in total. The van der Waals surface area contributed by atoms with E-state index in [-0.39, 0.29) is 16.1 Å². The zero-order valence-corrected chi connectivity index (χ0v) is 13.7. The van der Waals surface area contributed by atoms with Crippen molar-refractivity contribution in [2.45, 2.75) is 6.18 Å². The number of primary amides is 1. The molecule has 0 atom stereocenters. The summed E-state index contributed by atoms with van der Waals surface area (Å²) in [4.78, 5) is 34.8. The number of ether oxygens (including phenoxy) is 1. The van der Waals surface area contributed by atoms with Crippen molar-refractivity contribution in [1.29, 1.82) is 0 Å². The van der Waals surface area contributed by atoms with Crippen molar-refractivity contribution in [3.8, 4) is 0 Å². The summed E-state index contributed by atoms with van der Waals surface area (Å²) < 4.78 is 42.4. The highest BCUT2D eigenvalue weighted by Crippen LogP contribution is 2.31. The number of nitrogens with two attached hydrogens (primary N) is 2. The highest BCUT2D eigenvalue weighted by molar-refractivity contribution is 7.14. The van der Waals surface area contributed by atoms with Gasteiger partial charge in [0.05, 0.1) is 16.7 Å². The van der Waals surface area contributed by atoms with Crippen LogP contribution in [0.25, 0.3) is 0 Å². The molecule has 0 radical (unpaired) electrons. The molecule has 1 aromatic heterocycles. The summed E-state index contributed by atoms with van der Waals surface area (Å²) in [6, 6.07) is 3.56. The van der Waals surface area contributed by atoms with Crippen molar-refractivity contribution in [3.05, 3.63) is 46.3 Å². The fourth-order valence-corrected chi connectivity index (χ4v) is 2.71. The third-order valence-electron chi connectivity index (χ3n) is 3.12. The maximum absolute atomic E-state index is 12.6. The van der Waals surface area contributed by atoms with Gasteiger partial charge in [-0.05, 0) is 29.6 Å². The van der Waals surface area contributed by atoms with Crippen LogP contribution in [-0.4, -0.2) is 24.4 Å². The van der Waals surface area contributed by atoms with Gasteiger partial charge in [-0.15, -0.1) is 11.3 Å². The lowest BCUT2D eigenvalue weighted by Gasteiger charge is -2.11. The summed E-state index contributed by atoms with van der Waals surface area (Å²) in [6.45, 7) is -0.727. The van der Waals surface area contributed by atoms with Gasteiger partial charge in [0.15, 0.2) is 6.61 Å². The van der Waals surface area contributed by atoms with Gasteiger partial charge in [-0.1, -0.05) is 0 Å². The molecule has 26 heavy (non-hydrogen) atoms. The van der Waals surface area contributed by atoms with Crippen LogP contribution >= 0.6 is 11.3 Å². The maximum atomic E-state index is 12.6. The Hall–Kier alpha value is -3.08. The number of anilines is 2. The minimum Gasteiger partial charge on any atom is -0.452 e. The van der Waals surface area contributed by atoms with Crippen molar-refractivity contribution < 1.29 is 32.3 Å². The van der Waals surface area contributed by atoms with Crippen LogP contribution in [-0.2, 0) is 15.7 Å². The minimum absolute atomic E-state index is 0.0988. The van der Waals surface area contributed by atoms with E-state index >= 15 is 0 Å². The number of carbonyl (C=O) groups excluding carboxylic acids is 3. The molecule has 0 fully saturated rings. The largest absolute Gasteiger partial charge is 0.452 e. The Labute approximate surface area is 148 Å². The summed E-state index contributed by atoms with van der Waals surface area (Å²) in [7, 11) is 0. The molecule has 0 aliphatic rings. The van der Waals surface area contributed by atoms with Crippen molar-refractivity contribution in [3.63, 3.8) is 0 Å². The van der Waals surface area contributed by atoms with Crippen LogP contribution in [0.2, 0.25) is 0 Å². The summed E-state index contributed by atoms with van der Waals surface area (Å²) in [5.41, 5.74) is 8.92. The van der Waals surface area contributed by atoms with Crippen molar-refractivity contribution in [2.24, 2.45) is 5.73 Å². The van der Waals surface area contributed by atoms with Gasteiger partial charge < -0.3 is 21.5 Å². The smallest absolute Gasteiger partial charge is 0.416 e. The lowest BCUT2D eigenvalue weighted by molar-refractivity contribution is -0.137. The summed E-state index contributed by atoms with van der Waals surface area (Å²) in [5.74, 6) is -2.56. The van der Waals surface area contributed by atoms with Crippen LogP contribution < -0.4 is 16.8 Å². The number of benzene rings is 1. The van der Waals surface area contributed by atoms with Gasteiger partial charge in [-0.3, -0.25) is 9.59 Å². The number of esters is 1. The Morgan fingerprint density at radius 1 is 1.15 bits per heavy atom. The second-order valence-corrected chi connectivity index (χ2v) is 5.87. The second-order valence-electron chi connectivity index (χ2n) is 4.95. The van der Waals surface area contributed by atoms with Gasteiger partial charge in [0.2, 0.25) is 0 Å². The SMILES string of the molecule is NC(=O)c1ccsc1NC(=O)COC(=O)c1ccc(C(F)(F)F)cc1N. The first kappa shape index (κ1) is 19.2. The number of nitrogen functional groups attached to an aromatic ring is 1. The van der Waals surface area contributed by atoms with Gasteiger partial charge in [0, 0.05) is 5.69 Å². The number of hydrogen-bond acceptors (Lipinski definition) is 6. The van der Waals surface area contributed by atoms with Gasteiger partial charge in [-0.2, -0.15) is 13.2 Å². The summed E-state index contributed by atoms with van der Waals surface area (Å²) in [6.07, 6.45) is -4.60. The van der Waals surface area contributed by atoms with Crippen LogP contribution in [0.4, 0.5) is 23.9 Å². The van der Waals surface area contributed by atoms with E-state index in [0.717, 1.165) is 17.4 Å². The topological polar surface area (TPSA) is 125 Å². The van der Waals surface area contributed by atoms with Gasteiger partial charge in [0.25, 0.3) is 11.8 Å². The van der Waals surface area contributed by atoms with Crippen LogP contribution in [0.15, 0.2) is 29.6 Å². The molecule has 0 bridgehead atoms. The first-order valence-electron chi connectivity index (χ1n) is 6.90. The van der Waals surface area contributed by atoms with Crippen molar-refractivity contribution in [1.82, 2.24) is 0 Å². The highest BCUT2D eigenvalue weighted by Gasteiger charge is 2.31. The van der Waals surface area contributed by atoms with E-state index < -0.39 is 41.8 Å². The van der Waals surface area contributed by atoms with E-state index in [1.165, 1.54) is 11.4 Å². The number of rotatable bonds is 5. The fraction of sp³-hybridized carbons (Fsp3) is 0.133. The molecule has 0 saturated carbocycles. The lowest BCUT2D eigenvalue weighted by Crippen LogP contribution is -2.22. The van der Waals surface area contributed by atoms with E-state index in [2.05, 4.69) is 5.32 Å². The average Bonchev–Trinajstić information content (AvgIpc) is 3.00. The number of nitrogens with one attached hydrogen (secondary N) is 1. The Bertz CT molecular complexity index is 864. The monoisotopic (exact) mass is 387 g/mol. The summed E-state index contributed by atoms with van der Waals surface area (Å²) >= 11 is 1.04. The fourth-order valence-electron chi connectivity index (χ4n) is 1.90. The van der Waals surface area contributed by atoms with Crippen molar-refractivity contribution in [2.75, 3.05) is 17.7 Å². The molecule has 0 unspecified atom stereocenters.